The second kappa shape index (κ2) is 14.9. The standard InChI is InChI=1S/C4H8O2.2K.H3O4P/c1-3-6-4(2)5;;;1-5(2,3)4/h3H2,1-2H3;;;(H3,1,2,3,4)/q;2*+1;/p-2. The van der Waals surface area contributed by atoms with Crippen LogP contribution in [0.4, 0.5) is 0 Å². The Morgan fingerprint density at radius 3 is 1.69 bits per heavy atom. The molecule has 0 saturated carbocycles. The molecule has 0 aromatic heterocycles. The van der Waals surface area contributed by atoms with E-state index in [9.17, 15) is 4.79 Å². The Morgan fingerprint density at radius 2 is 1.69 bits per heavy atom. The summed E-state index contributed by atoms with van der Waals surface area (Å²) < 4.78 is 13.1. The Kier molecular flexibility index (Phi) is 28.4. The number of hydrogen-bond acceptors (Lipinski definition) is 5. The Bertz CT molecular complexity index is 148. The third kappa shape index (κ3) is 71.6. The van der Waals surface area contributed by atoms with Crippen LogP contribution in [0.15, 0.2) is 0 Å². The van der Waals surface area contributed by atoms with Crippen molar-refractivity contribution < 1.29 is 132 Å². The van der Waals surface area contributed by atoms with Gasteiger partial charge in [0.2, 0.25) is 0 Å². The summed E-state index contributed by atoms with van der Waals surface area (Å²) in [6.07, 6.45) is 0. The van der Waals surface area contributed by atoms with Gasteiger partial charge in [-0.2, -0.15) is 0 Å². The van der Waals surface area contributed by atoms with Crippen molar-refractivity contribution in [1.82, 2.24) is 0 Å². The molecule has 68 valence electrons. The van der Waals surface area contributed by atoms with Crippen molar-refractivity contribution in [3.05, 3.63) is 0 Å². The van der Waals surface area contributed by atoms with Gasteiger partial charge in [-0.15, -0.1) is 0 Å². The third-order valence-corrected chi connectivity index (χ3v) is 0.348. The molecule has 0 bridgehead atoms. The minimum atomic E-state index is -5.14. The summed E-state index contributed by atoms with van der Waals surface area (Å²) in [5.74, 6) is -0.211. The summed E-state index contributed by atoms with van der Waals surface area (Å²) in [5, 5.41) is 0. The number of hydrogen-bond donors (Lipinski definition) is 1. The van der Waals surface area contributed by atoms with Crippen molar-refractivity contribution in [2.24, 2.45) is 0 Å². The molecule has 0 aliphatic rings. The summed E-state index contributed by atoms with van der Waals surface area (Å²) in [6.45, 7) is 3.65. The molecule has 0 aromatic carbocycles. The molecular weight excluding hydrogens is 253 g/mol. The summed E-state index contributed by atoms with van der Waals surface area (Å²) >= 11 is 0. The fourth-order valence-corrected chi connectivity index (χ4v) is 0.203. The van der Waals surface area contributed by atoms with Crippen LogP contribution in [-0.4, -0.2) is 17.5 Å². The fourth-order valence-electron chi connectivity index (χ4n) is 0.203. The van der Waals surface area contributed by atoms with E-state index >= 15 is 0 Å². The number of carbonyl (C=O) groups excluding carboxylic acids is 1. The third-order valence-electron chi connectivity index (χ3n) is 0.348. The van der Waals surface area contributed by atoms with Gasteiger partial charge < -0.3 is 24.0 Å². The molecule has 0 aliphatic heterocycles. The van der Waals surface area contributed by atoms with E-state index in [0.717, 1.165) is 0 Å². The van der Waals surface area contributed by atoms with Crippen LogP contribution in [0.1, 0.15) is 13.8 Å². The van der Waals surface area contributed by atoms with Gasteiger partial charge in [-0.1, -0.05) is 0 Å². The predicted octanol–water partition coefficient (Wildman–Crippen LogP) is -7.62. The van der Waals surface area contributed by atoms with Gasteiger partial charge in [0.25, 0.3) is 0 Å². The second-order valence-electron chi connectivity index (χ2n) is 1.39. The van der Waals surface area contributed by atoms with E-state index in [4.69, 9.17) is 19.2 Å². The minimum Gasteiger partial charge on any atom is -0.790 e. The number of phosphoric acid groups is 1. The van der Waals surface area contributed by atoms with Gasteiger partial charge in [0.1, 0.15) is 0 Å². The zero-order valence-electron chi connectivity index (χ0n) is 8.14. The summed E-state index contributed by atoms with van der Waals surface area (Å²) in [4.78, 5) is 34.1. The van der Waals surface area contributed by atoms with Gasteiger partial charge in [0.15, 0.2) is 0 Å². The second-order valence-corrected chi connectivity index (χ2v) is 2.33. The first kappa shape index (κ1) is 24.9. The van der Waals surface area contributed by atoms with Crippen LogP contribution < -0.4 is 113 Å². The van der Waals surface area contributed by atoms with Gasteiger partial charge in [-0.05, 0) is 6.92 Å². The van der Waals surface area contributed by atoms with E-state index < -0.39 is 7.82 Å². The number of esters is 1. The molecule has 0 rings (SSSR count). The van der Waals surface area contributed by atoms with E-state index in [0.29, 0.717) is 6.61 Å². The van der Waals surface area contributed by atoms with Gasteiger partial charge in [0, 0.05) is 6.92 Å². The van der Waals surface area contributed by atoms with Gasteiger partial charge in [-0.25, -0.2) is 0 Å². The molecule has 0 amide bonds. The average molecular weight is 262 g/mol. The summed E-state index contributed by atoms with van der Waals surface area (Å²) in [5.41, 5.74) is 0. The van der Waals surface area contributed by atoms with E-state index in [-0.39, 0.29) is 109 Å². The maximum absolute atomic E-state index is 9.82. The van der Waals surface area contributed by atoms with Crippen LogP contribution in [-0.2, 0) is 14.1 Å². The van der Waals surface area contributed by atoms with Crippen molar-refractivity contribution >= 4 is 13.8 Å². The maximum atomic E-state index is 9.82. The summed E-state index contributed by atoms with van der Waals surface area (Å²) in [6, 6.07) is 0. The van der Waals surface area contributed by atoms with Crippen molar-refractivity contribution in [2.75, 3.05) is 6.61 Å². The molecule has 6 nitrogen and oxygen atoms in total. The van der Waals surface area contributed by atoms with E-state index in [1.165, 1.54) is 6.92 Å². The largest absolute Gasteiger partial charge is 1.00 e. The molecule has 0 radical (unpaired) electrons. The van der Waals surface area contributed by atoms with E-state index in [1.807, 2.05) is 0 Å². The molecule has 0 heterocycles. The van der Waals surface area contributed by atoms with Gasteiger partial charge >= 0.3 is 109 Å². The molecule has 9 heteroatoms. The van der Waals surface area contributed by atoms with Crippen LogP contribution in [0, 0.1) is 0 Å². The smallest absolute Gasteiger partial charge is 0.790 e. The first-order valence-corrected chi connectivity index (χ1v) is 4.15. The quantitative estimate of drug-likeness (QED) is 0.285. The minimum absolute atomic E-state index is 0. The van der Waals surface area contributed by atoms with E-state index in [1.54, 1.807) is 6.92 Å². The molecule has 0 aromatic rings. The molecule has 0 unspecified atom stereocenters. The summed E-state index contributed by atoms with van der Waals surface area (Å²) in [7, 11) is -5.14. The molecule has 13 heavy (non-hydrogen) atoms. The van der Waals surface area contributed by atoms with Crippen molar-refractivity contribution in [1.29, 1.82) is 0 Å². The SMILES string of the molecule is CCOC(C)=O.O=P([O-])([O-])O.[K+].[K+]. The van der Waals surface area contributed by atoms with Crippen LogP contribution in [0.5, 0.6) is 0 Å². The fraction of sp³-hybridized carbons (Fsp3) is 0.750. The monoisotopic (exact) mass is 262 g/mol. The van der Waals surface area contributed by atoms with Crippen molar-refractivity contribution in [2.45, 2.75) is 13.8 Å². The number of rotatable bonds is 1. The zero-order chi connectivity index (χ0) is 9.49. The first-order valence-electron chi connectivity index (χ1n) is 2.65. The Morgan fingerprint density at radius 1 is 1.46 bits per heavy atom. The molecule has 0 fully saturated rings. The Labute approximate surface area is 162 Å². The zero-order valence-corrected chi connectivity index (χ0v) is 15.3. The van der Waals surface area contributed by atoms with Crippen molar-refractivity contribution in [3.63, 3.8) is 0 Å². The van der Waals surface area contributed by atoms with Crippen LogP contribution in [0.25, 0.3) is 0 Å². The maximum Gasteiger partial charge on any atom is 1.00 e. The predicted molar refractivity (Wildman–Crippen MR) is 32.1 cm³/mol. The number of ether oxygens (including phenoxy) is 1. The molecular formula is C4H9K2O6P. The topological polar surface area (TPSA) is 110 Å². The molecule has 0 atom stereocenters. The first-order chi connectivity index (χ1) is 4.77. The van der Waals surface area contributed by atoms with Crippen LogP contribution in [0.2, 0.25) is 0 Å². The van der Waals surface area contributed by atoms with Gasteiger partial charge in [0.05, 0.1) is 14.4 Å². The van der Waals surface area contributed by atoms with E-state index in [2.05, 4.69) is 4.74 Å². The molecule has 0 spiro atoms. The van der Waals surface area contributed by atoms with Crippen LogP contribution in [0.3, 0.4) is 0 Å². The normalized spacial score (nSPS) is 8.08. The average Bonchev–Trinajstić information content (AvgIpc) is 1.58. The molecule has 1 N–H and O–H groups in total. The van der Waals surface area contributed by atoms with Gasteiger partial charge in [-0.3, -0.25) is 4.79 Å². The number of carbonyl (C=O) groups is 1. The Balaban J connectivity index is -0.0000000546. The van der Waals surface area contributed by atoms with Crippen molar-refractivity contribution in [3.8, 4) is 0 Å². The Hall–Kier alpha value is 2.85. The molecule has 0 saturated heterocycles. The molecule has 0 aliphatic carbocycles. The van der Waals surface area contributed by atoms with Crippen LogP contribution >= 0.6 is 7.82 Å².